The van der Waals surface area contributed by atoms with Crippen LogP contribution in [-0.4, -0.2) is 21.3 Å². The van der Waals surface area contributed by atoms with E-state index in [1.165, 1.54) is 50.4 Å². The largest absolute Gasteiger partial charge is 0.494 e. The third kappa shape index (κ3) is 3.98. The quantitative estimate of drug-likeness (QED) is 0.812. The number of ketones is 1. The minimum absolute atomic E-state index is 0.0355. The van der Waals surface area contributed by atoms with Gasteiger partial charge in [0.2, 0.25) is 10.0 Å². The van der Waals surface area contributed by atoms with Crippen molar-refractivity contribution in [3.63, 3.8) is 0 Å². The first-order valence-corrected chi connectivity index (χ1v) is 8.69. The number of Topliss-reactive ketones (excluding diaryl/α,β-unsaturated/α-hetero) is 1. The zero-order chi connectivity index (χ0) is 17.9. The smallest absolute Gasteiger partial charge is 0.241 e. The first kappa shape index (κ1) is 18.1. The predicted molar refractivity (Wildman–Crippen MR) is 88.1 cm³/mol. The number of benzene rings is 2. The van der Waals surface area contributed by atoms with E-state index in [9.17, 15) is 17.6 Å². The lowest BCUT2D eigenvalue weighted by molar-refractivity contribution is 0.101. The maximum absolute atomic E-state index is 13.8. The predicted octanol–water partition coefficient (Wildman–Crippen LogP) is 3.08. The van der Waals surface area contributed by atoms with Gasteiger partial charge in [-0.05, 0) is 43.7 Å². The van der Waals surface area contributed by atoms with Crippen LogP contribution in [0.2, 0.25) is 0 Å². The van der Waals surface area contributed by atoms with E-state index in [0.717, 1.165) is 0 Å². The molecule has 0 aliphatic rings. The molecule has 0 bridgehead atoms. The normalized spacial score (nSPS) is 12.7. The van der Waals surface area contributed by atoms with Crippen LogP contribution >= 0.6 is 0 Å². The van der Waals surface area contributed by atoms with Crippen molar-refractivity contribution >= 4 is 15.8 Å². The highest BCUT2D eigenvalue weighted by atomic mass is 32.2. The summed E-state index contributed by atoms with van der Waals surface area (Å²) in [6.45, 7) is 3.02. The lowest BCUT2D eigenvalue weighted by Gasteiger charge is -2.15. The number of rotatable bonds is 6. The fraction of sp³-hybridized carbons (Fsp3) is 0.235. The Morgan fingerprint density at radius 2 is 1.79 bits per heavy atom. The third-order valence-electron chi connectivity index (χ3n) is 3.58. The molecule has 0 aromatic heterocycles. The topological polar surface area (TPSA) is 72.5 Å². The fourth-order valence-corrected chi connectivity index (χ4v) is 3.42. The van der Waals surface area contributed by atoms with Gasteiger partial charge in [-0.15, -0.1) is 0 Å². The van der Waals surface area contributed by atoms with E-state index in [2.05, 4.69) is 4.72 Å². The van der Waals surface area contributed by atoms with E-state index in [-0.39, 0.29) is 16.4 Å². The molecule has 0 aliphatic carbocycles. The van der Waals surface area contributed by atoms with Gasteiger partial charge in [-0.2, -0.15) is 0 Å². The number of carbonyl (C=O) groups is 1. The third-order valence-corrected chi connectivity index (χ3v) is 5.14. The van der Waals surface area contributed by atoms with Gasteiger partial charge in [0.15, 0.2) is 17.3 Å². The van der Waals surface area contributed by atoms with Gasteiger partial charge in [0.05, 0.1) is 12.0 Å². The molecule has 2 aromatic carbocycles. The van der Waals surface area contributed by atoms with Crippen molar-refractivity contribution in [3.8, 4) is 5.75 Å². The molecule has 0 heterocycles. The highest BCUT2D eigenvalue weighted by molar-refractivity contribution is 7.89. The Morgan fingerprint density at radius 3 is 2.29 bits per heavy atom. The molecule has 128 valence electrons. The van der Waals surface area contributed by atoms with Gasteiger partial charge >= 0.3 is 0 Å². The molecule has 0 spiro atoms. The average molecular weight is 351 g/mol. The number of carbonyl (C=O) groups excluding carboxylic acids is 1. The van der Waals surface area contributed by atoms with Gasteiger partial charge in [-0.25, -0.2) is 17.5 Å². The second-order valence-corrected chi connectivity index (χ2v) is 7.03. The number of ether oxygens (including phenoxy) is 1. The summed E-state index contributed by atoms with van der Waals surface area (Å²) < 4.78 is 45.9. The summed E-state index contributed by atoms with van der Waals surface area (Å²) in [4.78, 5) is 11.3. The van der Waals surface area contributed by atoms with E-state index >= 15 is 0 Å². The molecule has 7 heteroatoms. The van der Waals surface area contributed by atoms with E-state index in [4.69, 9.17) is 4.74 Å². The molecular formula is C17H18FNO4S. The Labute approximate surface area is 140 Å². The molecule has 24 heavy (non-hydrogen) atoms. The van der Waals surface area contributed by atoms with Gasteiger partial charge in [-0.3, -0.25) is 4.79 Å². The van der Waals surface area contributed by atoms with Gasteiger partial charge < -0.3 is 4.74 Å². The standard InChI is InChI=1S/C17H18FNO4S/c1-11(14-6-9-17(23-3)16(18)10-14)19-24(21,22)15-7-4-13(5-8-15)12(2)20/h4-11,19H,1-3H3. The maximum Gasteiger partial charge on any atom is 0.241 e. The fourth-order valence-electron chi connectivity index (χ4n) is 2.19. The SMILES string of the molecule is COc1ccc(C(C)NS(=O)(=O)c2ccc(C(C)=O)cc2)cc1F. The molecule has 0 radical (unpaired) electrons. The number of nitrogens with one attached hydrogen (secondary N) is 1. The van der Waals surface area contributed by atoms with E-state index in [1.807, 2.05) is 0 Å². The Balaban J connectivity index is 2.21. The highest BCUT2D eigenvalue weighted by Crippen LogP contribution is 2.23. The lowest BCUT2D eigenvalue weighted by atomic mass is 10.1. The molecule has 0 fully saturated rings. The summed E-state index contributed by atoms with van der Waals surface area (Å²) in [6.07, 6.45) is 0. The molecule has 1 N–H and O–H groups in total. The Morgan fingerprint density at radius 1 is 1.17 bits per heavy atom. The molecule has 0 aliphatic heterocycles. The Hall–Kier alpha value is -2.25. The summed E-state index contributed by atoms with van der Waals surface area (Å²) in [7, 11) is -2.44. The van der Waals surface area contributed by atoms with Crippen LogP contribution in [0.3, 0.4) is 0 Å². The van der Waals surface area contributed by atoms with Crippen molar-refractivity contribution < 1.29 is 22.3 Å². The van der Waals surface area contributed by atoms with Gasteiger partial charge in [0.25, 0.3) is 0 Å². The molecule has 2 rings (SSSR count). The second-order valence-electron chi connectivity index (χ2n) is 5.32. The van der Waals surface area contributed by atoms with Crippen LogP contribution in [0.4, 0.5) is 4.39 Å². The number of hydrogen-bond donors (Lipinski definition) is 1. The summed E-state index contributed by atoms with van der Waals surface area (Å²) in [6, 6.07) is 9.25. The highest BCUT2D eigenvalue weighted by Gasteiger charge is 2.19. The van der Waals surface area contributed by atoms with Gasteiger partial charge in [0, 0.05) is 11.6 Å². The van der Waals surface area contributed by atoms with Gasteiger partial charge in [0.1, 0.15) is 0 Å². The lowest BCUT2D eigenvalue weighted by Crippen LogP contribution is -2.27. The molecule has 1 atom stereocenters. The van der Waals surface area contributed by atoms with Crippen LogP contribution in [0, 0.1) is 5.82 Å². The summed E-state index contributed by atoms with van der Waals surface area (Å²) >= 11 is 0. The molecule has 0 saturated heterocycles. The van der Waals surface area contributed by atoms with Crippen LogP contribution in [0.15, 0.2) is 47.4 Å². The van der Waals surface area contributed by atoms with Crippen molar-refractivity contribution in [2.45, 2.75) is 24.8 Å². The van der Waals surface area contributed by atoms with Crippen LogP contribution in [0.5, 0.6) is 5.75 Å². The van der Waals surface area contributed by atoms with Crippen LogP contribution in [0.25, 0.3) is 0 Å². The summed E-state index contributed by atoms with van der Waals surface area (Å²) in [5, 5.41) is 0. The summed E-state index contributed by atoms with van der Waals surface area (Å²) in [5.74, 6) is -0.616. The zero-order valence-electron chi connectivity index (χ0n) is 13.5. The molecule has 0 saturated carbocycles. The van der Waals surface area contributed by atoms with E-state index in [0.29, 0.717) is 11.1 Å². The van der Waals surface area contributed by atoms with Crippen molar-refractivity contribution in [1.29, 1.82) is 0 Å². The number of halogens is 1. The van der Waals surface area contributed by atoms with Crippen molar-refractivity contribution in [2.75, 3.05) is 7.11 Å². The molecule has 2 aromatic rings. The minimum atomic E-state index is -3.79. The second kappa shape index (κ2) is 7.11. The Kier molecular flexibility index (Phi) is 5.36. The van der Waals surface area contributed by atoms with Crippen LogP contribution in [0.1, 0.15) is 35.8 Å². The van der Waals surface area contributed by atoms with Crippen molar-refractivity contribution in [1.82, 2.24) is 4.72 Å². The Bertz CT molecular complexity index is 847. The van der Waals surface area contributed by atoms with Gasteiger partial charge in [-0.1, -0.05) is 18.2 Å². The van der Waals surface area contributed by atoms with Crippen LogP contribution in [-0.2, 0) is 10.0 Å². The average Bonchev–Trinajstić information content (AvgIpc) is 2.54. The number of methoxy groups -OCH3 is 1. The molecule has 1 unspecified atom stereocenters. The van der Waals surface area contributed by atoms with Crippen LogP contribution < -0.4 is 9.46 Å². The monoisotopic (exact) mass is 351 g/mol. The molecule has 5 nitrogen and oxygen atoms in total. The van der Waals surface area contributed by atoms with E-state index < -0.39 is 21.9 Å². The maximum atomic E-state index is 13.8. The summed E-state index contributed by atoms with van der Waals surface area (Å²) in [5.41, 5.74) is 0.899. The first-order chi connectivity index (χ1) is 11.2. The molecular weight excluding hydrogens is 333 g/mol. The molecule has 0 amide bonds. The van der Waals surface area contributed by atoms with Crippen molar-refractivity contribution in [3.05, 3.63) is 59.4 Å². The minimum Gasteiger partial charge on any atom is -0.494 e. The number of hydrogen-bond acceptors (Lipinski definition) is 4. The van der Waals surface area contributed by atoms with Crippen molar-refractivity contribution in [2.24, 2.45) is 0 Å². The number of sulfonamides is 1. The van der Waals surface area contributed by atoms with E-state index in [1.54, 1.807) is 13.0 Å². The first-order valence-electron chi connectivity index (χ1n) is 7.21. The zero-order valence-corrected chi connectivity index (χ0v) is 14.4.